The maximum atomic E-state index is 10.3. The minimum Gasteiger partial charge on any atom is -0.466 e. The average Bonchev–Trinajstić information content (AvgIpc) is 1.87. The Balaban J connectivity index is 4.00. The number of hydrogen-bond acceptors (Lipinski definition) is 4. The third kappa shape index (κ3) is 3.12. The van der Waals surface area contributed by atoms with Gasteiger partial charge in [-0.25, -0.2) is 4.79 Å². The highest BCUT2D eigenvalue weighted by atomic mass is 16.5. The van der Waals surface area contributed by atoms with E-state index in [4.69, 9.17) is 11.0 Å². The zero-order valence-corrected chi connectivity index (χ0v) is 4.92. The number of nitrogens with two attached hydrogens (primary N) is 1. The van der Waals surface area contributed by atoms with E-state index < -0.39 is 5.97 Å². The maximum Gasteiger partial charge on any atom is 0.333 e. The summed E-state index contributed by atoms with van der Waals surface area (Å²) in [4.78, 5) is 10.3. The number of methoxy groups -OCH3 is 1. The van der Waals surface area contributed by atoms with Gasteiger partial charge in [-0.1, -0.05) is 0 Å². The van der Waals surface area contributed by atoms with Gasteiger partial charge in [-0.2, -0.15) is 5.26 Å². The number of hydrogen-bond donors (Lipinski definition) is 1. The van der Waals surface area contributed by atoms with E-state index in [1.807, 2.05) is 0 Å². The van der Waals surface area contributed by atoms with E-state index in [1.54, 1.807) is 6.07 Å². The lowest BCUT2D eigenvalue weighted by molar-refractivity contribution is -0.134. The normalized spacial score (nSPS) is 10.0. The van der Waals surface area contributed by atoms with Crippen LogP contribution in [0.5, 0.6) is 0 Å². The van der Waals surface area contributed by atoms with Crippen molar-refractivity contribution in [2.24, 2.45) is 5.73 Å². The second kappa shape index (κ2) is 3.50. The van der Waals surface area contributed by atoms with Crippen LogP contribution in [0.15, 0.2) is 11.8 Å². The van der Waals surface area contributed by atoms with Crippen molar-refractivity contribution in [2.75, 3.05) is 7.11 Å². The van der Waals surface area contributed by atoms with Crippen LogP contribution in [-0.4, -0.2) is 13.1 Å². The SMILES string of the molecule is COC(=O)/C=C(/N)C#N. The lowest BCUT2D eigenvalue weighted by atomic mass is 10.4. The third-order valence-corrected chi connectivity index (χ3v) is 0.604. The molecule has 0 aliphatic heterocycles. The lowest BCUT2D eigenvalue weighted by Gasteiger charge is -1.87. The summed E-state index contributed by atoms with van der Waals surface area (Å²) >= 11 is 0. The first-order chi connectivity index (χ1) is 4.20. The van der Waals surface area contributed by atoms with Crippen molar-refractivity contribution in [3.8, 4) is 6.07 Å². The number of nitrogens with zero attached hydrogens (tertiary/aromatic N) is 1. The van der Waals surface area contributed by atoms with Gasteiger partial charge in [0.2, 0.25) is 0 Å². The van der Waals surface area contributed by atoms with Crippen LogP contribution in [0.25, 0.3) is 0 Å². The van der Waals surface area contributed by atoms with Crippen LogP contribution in [0.3, 0.4) is 0 Å². The zero-order chi connectivity index (χ0) is 7.28. The van der Waals surface area contributed by atoms with Crippen LogP contribution in [0.1, 0.15) is 0 Å². The average molecular weight is 126 g/mol. The molecule has 2 N–H and O–H groups in total. The fourth-order valence-corrected chi connectivity index (χ4v) is 0.218. The molecule has 0 aliphatic rings. The van der Waals surface area contributed by atoms with E-state index in [0.29, 0.717) is 0 Å². The molecule has 0 radical (unpaired) electrons. The molecule has 0 aliphatic carbocycles. The Kier molecular flexibility index (Phi) is 2.91. The molecular weight excluding hydrogens is 120 g/mol. The van der Waals surface area contributed by atoms with E-state index in [2.05, 4.69) is 4.74 Å². The molecule has 0 fully saturated rings. The molecule has 4 nitrogen and oxygen atoms in total. The number of carbonyl (C=O) groups is 1. The molecule has 0 aromatic heterocycles. The van der Waals surface area contributed by atoms with Gasteiger partial charge >= 0.3 is 5.97 Å². The Bertz CT molecular complexity index is 178. The number of ether oxygens (including phenoxy) is 1. The predicted molar refractivity (Wildman–Crippen MR) is 29.9 cm³/mol. The molecule has 0 rings (SSSR count). The van der Waals surface area contributed by atoms with E-state index in [9.17, 15) is 4.79 Å². The Morgan fingerprint density at radius 2 is 2.44 bits per heavy atom. The number of allylic oxidation sites excluding steroid dienone is 1. The maximum absolute atomic E-state index is 10.3. The van der Waals surface area contributed by atoms with Crippen LogP contribution >= 0.6 is 0 Å². The van der Waals surface area contributed by atoms with Crippen LogP contribution < -0.4 is 5.73 Å². The number of esters is 1. The smallest absolute Gasteiger partial charge is 0.333 e. The minimum absolute atomic E-state index is 0.151. The fourth-order valence-electron chi connectivity index (χ4n) is 0.218. The molecule has 0 unspecified atom stereocenters. The summed E-state index contributed by atoms with van der Waals surface area (Å²) in [5.74, 6) is -0.617. The van der Waals surface area contributed by atoms with Crippen molar-refractivity contribution in [1.29, 1.82) is 5.26 Å². The van der Waals surface area contributed by atoms with E-state index in [0.717, 1.165) is 6.08 Å². The summed E-state index contributed by atoms with van der Waals surface area (Å²) in [6, 6.07) is 1.57. The Morgan fingerprint density at radius 1 is 1.89 bits per heavy atom. The summed E-state index contributed by atoms with van der Waals surface area (Å²) in [5, 5.41) is 8.03. The van der Waals surface area contributed by atoms with E-state index in [1.165, 1.54) is 7.11 Å². The quantitative estimate of drug-likeness (QED) is 0.292. The summed E-state index contributed by atoms with van der Waals surface area (Å²) in [6.45, 7) is 0. The van der Waals surface area contributed by atoms with Gasteiger partial charge in [0.05, 0.1) is 13.2 Å². The molecule has 0 saturated heterocycles. The van der Waals surface area contributed by atoms with Crippen LogP contribution in [0.2, 0.25) is 0 Å². The molecule has 4 heteroatoms. The fraction of sp³-hybridized carbons (Fsp3) is 0.200. The third-order valence-electron chi connectivity index (χ3n) is 0.604. The van der Waals surface area contributed by atoms with Crippen LogP contribution in [-0.2, 0) is 9.53 Å². The second-order valence-electron chi connectivity index (χ2n) is 1.23. The summed E-state index contributed by atoms with van der Waals surface area (Å²) < 4.78 is 4.18. The highest BCUT2D eigenvalue weighted by Crippen LogP contribution is 1.81. The van der Waals surface area contributed by atoms with Crippen molar-refractivity contribution in [1.82, 2.24) is 0 Å². The molecule has 0 aromatic rings. The van der Waals surface area contributed by atoms with Crippen molar-refractivity contribution >= 4 is 5.97 Å². The summed E-state index contributed by atoms with van der Waals surface area (Å²) in [5.41, 5.74) is 4.80. The molecule has 0 amide bonds. The Hall–Kier alpha value is -1.50. The number of nitriles is 1. The molecule has 48 valence electrons. The van der Waals surface area contributed by atoms with Crippen LogP contribution in [0, 0.1) is 11.3 Å². The standard InChI is InChI=1S/C5H6N2O2/c1-9-5(8)2-4(7)3-6/h2H,7H2,1H3/b4-2+. The van der Waals surface area contributed by atoms with E-state index >= 15 is 0 Å². The summed E-state index contributed by atoms with van der Waals surface area (Å²) in [7, 11) is 1.21. The highest BCUT2D eigenvalue weighted by molar-refractivity contribution is 5.83. The van der Waals surface area contributed by atoms with Crippen molar-refractivity contribution in [3.63, 3.8) is 0 Å². The van der Waals surface area contributed by atoms with Crippen molar-refractivity contribution < 1.29 is 9.53 Å². The second-order valence-corrected chi connectivity index (χ2v) is 1.23. The molecule has 0 saturated carbocycles. The number of rotatable bonds is 1. The first-order valence-electron chi connectivity index (χ1n) is 2.16. The Labute approximate surface area is 52.5 Å². The van der Waals surface area contributed by atoms with Gasteiger partial charge in [-0.3, -0.25) is 0 Å². The van der Waals surface area contributed by atoms with Crippen LogP contribution in [0.4, 0.5) is 0 Å². The van der Waals surface area contributed by atoms with Gasteiger partial charge in [0.25, 0.3) is 0 Å². The first-order valence-corrected chi connectivity index (χ1v) is 2.16. The minimum atomic E-state index is -0.617. The van der Waals surface area contributed by atoms with Gasteiger partial charge in [0.15, 0.2) is 0 Å². The van der Waals surface area contributed by atoms with Crippen molar-refractivity contribution in [2.45, 2.75) is 0 Å². The predicted octanol–water partition coefficient (Wildman–Crippen LogP) is -0.474. The lowest BCUT2D eigenvalue weighted by Crippen LogP contribution is -2.01. The molecule has 9 heavy (non-hydrogen) atoms. The molecule has 0 aromatic carbocycles. The highest BCUT2D eigenvalue weighted by Gasteiger charge is 1.93. The zero-order valence-electron chi connectivity index (χ0n) is 4.92. The van der Waals surface area contributed by atoms with Crippen molar-refractivity contribution in [3.05, 3.63) is 11.8 Å². The molecule has 0 heterocycles. The van der Waals surface area contributed by atoms with Gasteiger partial charge < -0.3 is 10.5 Å². The number of carbonyl (C=O) groups excluding carboxylic acids is 1. The van der Waals surface area contributed by atoms with Gasteiger partial charge in [-0.15, -0.1) is 0 Å². The first kappa shape index (κ1) is 7.50. The molecule has 0 atom stereocenters. The van der Waals surface area contributed by atoms with Gasteiger partial charge in [0, 0.05) is 0 Å². The topological polar surface area (TPSA) is 76.1 Å². The van der Waals surface area contributed by atoms with Gasteiger partial charge in [-0.05, 0) is 0 Å². The monoisotopic (exact) mass is 126 g/mol. The molecule has 0 spiro atoms. The largest absolute Gasteiger partial charge is 0.466 e. The Morgan fingerprint density at radius 3 is 2.78 bits per heavy atom. The summed E-state index contributed by atoms with van der Waals surface area (Å²) in [6.07, 6.45) is 0.917. The molecular formula is C5H6N2O2. The molecule has 0 bridgehead atoms. The van der Waals surface area contributed by atoms with Gasteiger partial charge in [0.1, 0.15) is 11.8 Å². The van der Waals surface area contributed by atoms with E-state index in [-0.39, 0.29) is 5.70 Å².